The number of halogens is 1. The number of rotatable bonds is 5. The maximum atomic E-state index is 12.1. The molecule has 0 aliphatic heterocycles. The lowest BCUT2D eigenvalue weighted by atomic mass is 10.0. The smallest absolute Gasteiger partial charge is 0.328 e. The summed E-state index contributed by atoms with van der Waals surface area (Å²) in [5.41, 5.74) is -0.206. The molecule has 1 unspecified atom stereocenters. The van der Waals surface area contributed by atoms with Crippen molar-refractivity contribution in [2.75, 3.05) is 0 Å². The van der Waals surface area contributed by atoms with Crippen LogP contribution in [0.1, 0.15) is 24.9 Å². The highest BCUT2D eigenvalue weighted by Crippen LogP contribution is 2.20. The first-order valence-electron chi connectivity index (χ1n) is 6.84. The fourth-order valence-corrected chi connectivity index (χ4v) is 2.31. The molecule has 2 N–H and O–H groups in total. The van der Waals surface area contributed by atoms with Crippen LogP contribution in [0.15, 0.2) is 46.1 Å². The minimum Gasteiger partial charge on any atom is -0.348 e. The third-order valence-electron chi connectivity index (χ3n) is 3.21. The van der Waals surface area contributed by atoms with Gasteiger partial charge in [0.1, 0.15) is 6.54 Å². The molecule has 2 aromatic rings. The third kappa shape index (κ3) is 4.08. The number of aromatic amines is 1. The van der Waals surface area contributed by atoms with Crippen molar-refractivity contribution in [2.45, 2.75) is 25.9 Å². The zero-order valence-corrected chi connectivity index (χ0v) is 12.8. The molecule has 0 saturated carbocycles. The summed E-state index contributed by atoms with van der Waals surface area (Å²) in [6.45, 7) is 1.78. The molecule has 7 heteroatoms. The molecule has 0 bridgehead atoms. The highest BCUT2D eigenvalue weighted by atomic mass is 35.5. The van der Waals surface area contributed by atoms with Crippen LogP contribution < -0.4 is 16.6 Å². The van der Waals surface area contributed by atoms with Gasteiger partial charge in [-0.2, -0.15) is 0 Å². The van der Waals surface area contributed by atoms with Gasteiger partial charge in [-0.05, 0) is 24.1 Å². The predicted molar refractivity (Wildman–Crippen MR) is 83.9 cm³/mol. The average Bonchev–Trinajstić information content (AvgIpc) is 2.47. The minimum atomic E-state index is -0.613. The Labute approximate surface area is 131 Å². The fourth-order valence-electron chi connectivity index (χ4n) is 2.11. The number of carbonyl (C=O) groups excluding carboxylic acids is 1. The Bertz CT molecular complexity index is 782. The van der Waals surface area contributed by atoms with Crippen molar-refractivity contribution >= 4 is 17.5 Å². The van der Waals surface area contributed by atoms with Crippen LogP contribution in [0.3, 0.4) is 0 Å². The van der Waals surface area contributed by atoms with Crippen LogP contribution in [0.25, 0.3) is 0 Å². The molecule has 22 heavy (non-hydrogen) atoms. The molecule has 1 aromatic carbocycles. The molecule has 1 aromatic heterocycles. The zero-order valence-electron chi connectivity index (χ0n) is 12.0. The molecule has 2 rings (SSSR count). The first-order chi connectivity index (χ1) is 10.5. The van der Waals surface area contributed by atoms with Crippen LogP contribution in [0, 0.1) is 0 Å². The van der Waals surface area contributed by atoms with E-state index < -0.39 is 11.2 Å². The van der Waals surface area contributed by atoms with Gasteiger partial charge in [0.2, 0.25) is 5.91 Å². The van der Waals surface area contributed by atoms with Crippen LogP contribution in [0.4, 0.5) is 0 Å². The number of carbonyl (C=O) groups is 1. The van der Waals surface area contributed by atoms with E-state index in [1.54, 1.807) is 12.1 Å². The zero-order chi connectivity index (χ0) is 16.1. The van der Waals surface area contributed by atoms with Crippen molar-refractivity contribution in [3.05, 3.63) is 68.0 Å². The normalized spacial score (nSPS) is 11.9. The SMILES string of the molecule is CCC(NC(=O)Cn1ccc(=O)[nH]c1=O)c1cccc(Cl)c1. The molecule has 0 radical (unpaired) electrons. The van der Waals surface area contributed by atoms with E-state index in [4.69, 9.17) is 11.6 Å². The van der Waals surface area contributed by atoms with Gasteiger partial charge < -0.3 is 5.32 Å². The first-order valence-corrected chi connectivity index (χ1v) is 7.22. The molecular formula is C15H16ClN3O3. The van der Waals surface area contributed by atoms with Gasteiger partial charge in [0.05, 0.1) is 6.04 Å². The number of H-pyrrole nitrogens is 1. The van der Waals surface area contributed by atoms with Crippen LogP contribution in [-0.4, -0.2) is 15.5 Å². The Morgan fingerprint density at radius 2 is 2.14 bits per heavy atom. The number of nitrogens with one attached hydrogen (secondary N) is 2. The van der Waals surface area contributed by atoms with E-state index in [0.29, 0.717) is 11.4 Å². The number of nitrogens with zero attached hydrogens (tertiary/aromatic N) is 1. The fraction of sp³-hybridized carbons (Fsp3) is 0.267. The van der Waals surface area contributed by atoms with E-state index in [2.05, 4.69) is 10.3 Å². The summed E-state index contributed by atoms with van der Waals surface area (Å²) >= 11 is 5.96. The Kier molecular flexibility index (Phi) is 5.16. The maximum absolute atomic E-state index is 12.1. The maximum Gasteiger partial charge on any atom is 0.328 e. The molecule has 0 fully saturated rings. The molecule has 1 heterocycles. The van der Waals surface area contributed by atoms with Gasteiger partial charge in [-0.3, -0.25) is 19.1 Å². The Morgan fingerprint density at radius 1 is 1.36 bits per heavy atom. The number of aromatic nitrogens is 2. The molecule has 116 valence electrons. The van der Waals surface area contributed by atoms with Gasteiger partial charge in [-0.25, -0.2) is 4.79 Å². The topological polar surface area (TPSA) is 84.0 Å². The number of hydrogen-bond acceptors (Lipinski definition) is 3. The molecule has 0 spiro atoms. The molecule has 0 aliphatic carbocycles. The summed E-state index contributed by atoms with van der Waals surface area (Å²) in [6.07, 6.45) is 1.98. The summed E-state index contributed by atoms with van der Waals surface area (Å²) in [4.78, 5) is 36.7. The Hall–Kier alpha value is -2.34. The van der Waals surface area contributed by atoms with E-state index >= 15 is 0 Å². The minimum absolute atomic E-state index is 0.160. The van der Waals surface area contributed by atoms with Gasteiger partial charge in [0.15, 0.2) is 0 Å². The van der Waals surface area contributed by atoms with E-state index in [9.17, 15) is 14.4 Å². The van der Waals surface area contributed by atoms with E-state index in [1.165, 1.54) is 12.3 Å². The standard InChI is InChI=1S/C15H16ClN3O3/c1-2-12(10-4-3-5-11(16)8-10)17-14(21)9-19-7-6-13(20)18-15(19)22/h3-8,12H,2,9H2,1H3,(H,17,21)(H,18,20,22). The highest BCUT2D eigenvalue weighted by Gasteiger charge is 2.13. The summed E-state index contributed by atoms with van der Waals surface area (Å²) in [5, 5.41) is 3.45. The summed E-state index contributed by atoms with van der Waals surface area (Å²) in [5.74, 6) is -0.319. The summed E-state index contributed by atoms with van der Waals surface area (Å²) < 4.78 is 1.14. The Balaban J connectivity index is 2.09. The number of benzene rings is 1. The van der Waals surface area contributed by atoms with E-state index in [-0.39, 0.29) is 18.5 Å². The molecule has 0 saturated heterocycles. The van der Waals surface area contributed by atoms with Crippen molar-refractivity contribution in [1.29, 1.82) is 0 Å². The predicted octanol–water partition coefficient (Wildman–Crippen LogP) is 1.46. The van der Waals surface area contributed by atoms with Gasteiger partial charge in [0, 0.05) is 17.3 Å². The molecule has 1 atom stereocenters. The van der Waals surface area contributed by atoms with Crippen LogP contribution >= 0.6 is 11.6 Å². The third-order valence-corrected chi connectivity index (χ3v) is 3.44. The van der Waals surface area contributed by atoms with Gasteiger partial charge >= 0.3 is 5.69 Å². The summed E-state index contributed by atoms with van der Waals surface area (Å²) in [7, 11) is 0. The second kappa shape index (κ2) is 7.09. The number of amides is 1. The van der Waals surface area contributed by atoms with Gasteiger partial charge in [-0.15, -0.1) is 0 Å². The molecule has 1 amide bonds. The second-order valence-corrected chi connectivity index (χ2v) is 5.26. The second-order valence-electron chi connectivity index (χ2n) is 4.82. The largest absolute Gasteiger partial charge is 0.348 e. The van der Waals surface area contributed by atoms with Crippen LogP contribution in [-0.2, 0) is 11.3 Å². The lowest BCUT2D eigenvalue weighted by Crippen LogP contribution is -2.36. The highest BCUT2D eigenvalue weighted by molar-refractivity contribution is 6.30. The van der Waals surface area contributed by atoms with E-state index in [0.717, 1.165) is 10.1 Å². The van der Waals surface area contributed by atoms with Crippen molar-refractivity contribution in [3.8, 4) is 0 Å². The van der Waals surface area contributed by atoms with E-state index in [1.807, 2.05) is 19.1 Å². The Morgan fingerprint density at radius 3 is 2.77 bits per heavy atom. The van der Waals surface area contributed by atoms with Gasteiger partial charge in [0.25, 0.3) is 5.56 Å². The summed E-state index contributed by atoms with van der Waals surface area (Å²) in [6, 6.07) is 8.26. The molecule has 6 nitrogen and oxygen atoms in total. The van der Waals surface area contributed by atoms with Crippen molar-refractivity contribution in [2.24, 2.45) is 0 Å². The lowest BCUT2D eigenvalue weighted by Gasteiger charge is -2.18. The molecule has 0 aliphatic rings. The average molecular weight is 322 g/mol. The van der Waals surface area contributed by atoms with Crippen molar-refractivity contribution < 1.29 is 4.79 Å². The van der Waals surface area contributed by atoms with Gasteiger partial charge in [-0.1, -0.05) is 30.7 Å². The first kappa shape index (κ1) is 16.0. The quantitative estimate of drug-likeness (QED) is 0.874. The monoisotopic (exact) mass is 321 g/mol. The van der Waals surface area contributed by atoms with Crippen molar-refractivity contribution in [3.63, 3.8) is 0 Å². The lowest BCUT2D eigenvalue weighted by molar-refractivity contribution is -0.122. The van der Waals surface area contributed by atoms with Crippen LogP contribution in [0.5, 0.6) is 0 Å². The van der Waals surface area contributed by atoms with Crippen molar-refractivity contribution in [1.82, 2.24) is 14.9 Å². The molecular weight excluding hydrogens is 306 g/mol. The number of hydrogen-bond donors (Lipinski definition) is 2. The van der Waals surface area contributed by atoms with Crippen LogP contribution in [0.2, 0.25) is 5.02 Å².